The minimum Gasteiger partial charge on any atom is -0.397 e. The standard InChI is InChI=1S/C19H18N2/c1-13-7-9-15(10-8-13)17-12-11-16(18(20)19(17)21)14-5-3-2-4-6-14/h2-12H,20-21H2,1H3. The first-order chi connectivity index (χ1) is 10.2. The summed E-state index contributed by atoms with van der Waals surface area (Å²) in [5, 5.41) is 0. The Kier molecular flexibility index (Phi) is 3.36. The zero-order valence-electron chi connectivity index (χ0n) is 12.0. The fourth-order valence-electron chi connectivity index (χ4n) is 2.49. The number of hydrogen-bond acceptors (Lipinski definition) is 2. The summed E-state index contributed by atoms with van der Waals surface area (Å²) in [6.45, 7) is 2.07. The molecule has 0 saturated carbocycles. The maximum Gasteiger partial charge on any atom is 0.0633 e. The lowest BCUT2D eigenvalue weighted by Gasteiger charge is -2.13. The smallest absolute Gasteiger partial charge is 0.0633 e. The van der Waals surface area contributed by atoms with Crippen LogP contribution in [0.15, 0.2) is 66.7 Å². The SMILES string of the molecule is Cc1ccc(-c2ccc(-c3ccccc3)c(N)c2N)cc1. The van der Waals surface area contributed by atoms with E-state index in [0.717, 1.165) is 22.3 Å². The summed E-state index contributed by atoms with van der Waals surface area (Å²) in [7, 11) is 0. The van der Waals surface area contributed by atoms with Crippen molar-refractivity contribution in [1.82, 2.24) is 0 Å². The highest BCUT2D eigenvalue weighted by atomic mass is 14.7. The first kappa shape index (κ1) is 13.3. The Hall–Kier alpha value is -2.74. The molecule has 0 aliphatic carbocycles. The van der Waals surface area contributed by atoms with E-state index in [1.807, 2.05) is 42.5 Å². The van der Waals surface area contributed by atoms with Gasteiger partial charge in [-0.25, -0.2) is 0 Å². The normalized spacial score (nSPS) is 10.5. The molecule has 0 aliphatic heterocycles. The first-order valence-electron chi connectivity index (χ1n) is 6.97. The second kappa shape index (κ2) is 5.33. The molecule has 0 spiro atoms. The third-order valence-electron chi connectivity index (χ3n) is 3.73. The molecule has 2 heteroatoms. The summed E-state index contributed by atoms with van der Waals surface area (Å²) < 4.78 is 0. The number of benzene rings is 3. The van der Waals surface area contributed by atoms with Crippen molar-refractivity contribution in [1.29, 1.82) is 0 Å². The predicted molar refractivity (Wildman–Crippen MR) is 90.9 cm³/mol. The average molecular weight is 274 g/mol. The van der Waals surface area contributed by atoms with E-state index in [9.17, 15) is 0 Å². The van der Waals surface area contributed by atoms with Crippen LogP contribution in [0.1, 0.15) is 5.56 Å². The van der Waals surface area contributed by atoms with E-state index >= 15 is 0 Å². The molecule has 0 saturated heterocycles. The molecule has 0 bridgehead atoms. The van der Waals surface area contributed by atoms with E-state index in [4.69, 9.17) is 11.5 Å². The Balaban J connectivity index is 2.11. The molecule has 0 aromatic heterocycles. The van der Waals surface area contributed by atoms with Gasteiger partial charge in [0.15, 0.2) is 0 Å². The number of rotatable bonds is 2. The second-order valence-electron chi connectivity index (χ2n) is 5.22. The first-order valence-corrected chi connectivity index (χ1v) is 6.97. The van der Waals surface area contributed by atoms with E-state index in [0.29, 0.717) is 11.4 Å². The Labute approximate surface area is 125 Å². The minimum atomic E-state index is 0.638. The van der Waals surface area contributed by atoms with Crippen LogP contribution in [0.4, 0.5) is 11.4 Å². The van der Waals surface area contributed by atoms with Crippen molar-refractivity contribution in [2.45, 2.75) is 6.92 Å². The van der Waals surface area contributed by atoms with Crippen LogP contribution in [-0.2, 0) is 0 Å². The molecule has 2 nitrogen and oxygen atoms in total. The molecule has 4 N–H and O–H groups in total. The molecule has 0 atom stereocenters. The van der Waals surface area contributed by atoms with Crippen molar-refractivity contribution in [2.75, 3.05) is 11.5 Å². The monoisotopic (exact) mass is 274 g/mol. The van der Waals surface area contributed by atoms with Gasteiger partial charge in [0.2, 0.25) is 0 Å². The Morgan fingerprint density at radius 1 is 0.571 bits per heavy atom. The lowest BCUT2D eigenvalue weighted by molar-refractivity contribution is 1.47. The molecule has 0 radical (unpaired) electrons. The molecule has 21 heavy (non-hydrogen) atoms. The Morgan fingerprint density at radius 2 is 1.05 bits per heavy atom. The number of nitrogen functional groups attached to an aromatic ring is 2. The molecule has 0 unspecified atom stereocenters. The van der Waals surface area contributed by atoms with E-state index in [2.05, 4.69) is 31.2 Å². The molecule has 0 fully saturated rings. The van der Waals surface area contributed by atoms with Crippen molar-refractivity contribution in [3.8, 4) is 22.3 Å². The topological polar surface area (TPSA) is 52.0 Å². The van der Waals surface area contributed by atoms with Gasteiger partial charge in [-0.2, -0.15) is 0 Å². The third kappa shape index (κ3) is 2.48. The Bertz CT molecular complexity index is 760. The Morgan fingerprint density at radius 3 is 1.57 bits per heavy atom. The summed E-state index contributed by atoms with van der Waals surface area (Å²) in [4.78, 5) is 0. The second-order valence-corrected chi connectivity index (χ2v) is 5.22. The van der Waals surface area contributed by atoms with Crippen LogP contribution >= 0.6 is 0 Å². The molecular formula is C19H18N2. The van der Waals surface area contributed by atoms with Gasteiger partial charge in [-0.1, -0.05) is 72.3 Å². The fraction of sp³-hybridized carbons (Fsp3) is 0.0526. The molecule has 0 heterocycles. The highest BCUT2D eigenvalue weighted by Gasteiger charge is 2.10. The quantitative estimate of drug-likeness (QED) is 0.676. The zero-order chi connectivity index (χ0) is 14.8. The molecule has 104 valence electrons. The van der Waals surface area contributed by atoms with Crippen molar-refractivity contribution in [2.24, 2.45) is 0 Å². The van der Waals surface area contributed by atoms with Crippen molar-refractivity contribution < 1.29 is 0 Å². The maximum absolute atomic E-state index is 6.27. The van der Waals surface area contributed by atoms with Crippen molar-refractivity contribution >= 4 is 11.4 Å². The summed E-state index contributed by atoms with van der Waals surface area (Å²) in [5.74, 6) is 0. The van der Waals surface area contributed by atoms with Crippen LogP contribution in [0.2, 0.25) is 0 Å². The lowest BCUT2D eigenvalue weighted by Crippen LogP contribution is -2.00. The van der Waals surface area contributed by atoms with E-state index < -0.39 is 0 Å². The number of aryl methyl sites for hydroxylation is 1. The average Bonchev–Trinajstić information content (AvgIpc) is 2.52. The van der Waals surface area contributed by atoms with Gasteiger partial charge in [0, 0.05) is 11.1 Å². The zero-order valence-corrected chi connectivity index (χ0v) is 12.0. The van der Waals surface area contributed by atoms with Gasteiger partial charge in [0.1, 0.15) is 0 Å². The highest BCUT2D eigenvalue weighted by Crippen LogP contribution is 2.37. The van der Waals surface area contributed by atoms with Crippen LogP contribution in [0.25, 0.3) is 22.3 Å². The van der Waals surface area contributed by atoms with Crippen LogP contribution < -0.4 is 11.5 Å². The molecule has 3 aromatic carbocycles. The minimum absolute atomic E-state index is 0.638. The highest BCUT2D eigenvalue weighted by molar-refractivity contribution is 5.93. The van der Waals surface area contributed by atoms with Gasteiger partial charge >= 0.3 is 0 Å². The summed E-state index contributed by atoms with van der Waals surface area (Å²) in [6.07, 6.45) is 0. The lowest BCUT2D eigenvalue weighted by atomic mass is 9.96. The summed E-state index contributed by atoms with van der Waals surface area (Å²) >= 11 is 0. The van der Waals surface area contributed by atoms with Gasteiger partial charge < -0.3 is 11.5 Å². The van der Waals surface area contributed by atoms with E-state index in [-0.39, 0.29) is 0 Å². The van der Waals surface area contributed by atoms with E-state index in [1.54, 1.807) is 0 Å². The van der Waals surface area contributed by atoms with Gasteiger partial charge in [-0.3, -0.25) is 0 Å². The van der Waals surface area contributed by atoms with Gasteiger partial charge in [-0.05, 0) is 18.1 Å². The number of anilines is 2. The van der Waals surface area contributed by atoms with E-state index in [1.165, 1.54) is 5.56 Å². The van der Waals surface area contributed by atoms with Gasteiger partial charge in [-0.15, -0.1) is 0 Å². The predicted octanol–water partition coefficient (Wildman–Crippen LogP) is 4.49. The molecule has 0 amide bonds. The molecule has 3 rings (SSSR count). The maximum atomic E-state index is 6.27. The van der Waals surface area contributed by atoms with Gasteiger partial charge in [0.05, 0.1) is 11.4 Å². The number of hydrogen-bond donors (Lipinski definition) is 2. The van der Waals surface area contributed by atoms with Crippen LogP contribution in [0, 0.1) is 6.92 Å². The molecule has 0 aliphatic rings. The third-order valence-corrected chi connectivity index (χ3v) is 3.73. The summed E-state index contributed by atoms with van der Waals surface area (Å²) in [5.41, 5.74) is 19.2. The van der Waals surface area contributed by atoms with Crippen LogP contribution in [-0.4, -0.2) is 0 Å². The van der Waals surface area contributed by atoms with Crippen molar-refractivity contribution in [3.05, 3.63) is 72.3 Å². The molecular weight excluding hydrogens is 256 g/mol. The van der Waals surface area contributed by atoms with Crippen molar-refractivity contribution in [3.63, 3.8) is 0 Å². The van der Waals surface area contributed by atoms with Gasteiger partial charge in [0.25, 0.3) is 0 Å². The number of nitrogens with two attached hydrogens (primary N) is 2. The summed E-state index contributed by atoms with van der Waals surface area (Å²) in [6, 6.07) is 22.4. The molecule has 3 aromatic rings. The van der Waals surface area contributed by atoms with Crippen LogP contribution in [0.5, 0.6) is 0 Å². The van der Waals surface area contributed by atoms with Crippen LogP contribution in [0.3, 0.4) is 0 Å². The largest absolute Gasteiger partial charge is 0.397 e. The fourth-order valence-corrected chi connectivity index (χ4v) is 2.49.